The number of halogens is 1. The maximum absolute atomic E-state index is 12.7. The smallest absolute Gasteiger partial charge is 0.264 e. The van der Waals surface area contributed by atoms with Crippen LogP contribution in [0.1, 0.15) is 5.56 Å². The predicted molar refractivity (Wildman–Crippen MR) is 119 cm³/mol. The van der Waals surface area contributed by atoms with Crippen LogP contribution >= 0.6 is 11.6 Å². The molecule has 0 atom stereocenters. The van der Waals surface area contributed by atoms with E-state index in [9.17, 15) is 13.2 Å². The van der Waals surface area contributed by atoms with Crippen LogP contribution in [-0.2, 0) is 14.8 Å². The number of nitrogens with one attached hydrogen (secondary N) is 1. The van der Waals surface area contributed by atoms with Crippen molar-refractivity contribution < 1.29 is 17.9 Å². The zero-order chi connectivity index (χ0) is 21.7. The van der Waals surface area contributed by atoms with Gasteiger partial charge >= 0.3 is 0 Å². The number of sulfonamides is 1. The molecule has 30 heavy (non-hydrogen) atoms. The Morgan fingerprint density at radius 1 is 1.03 bits per heavy atom. The lowest BCUT2D eigenvalue weighted by Crippen LogP contribution is -2.26. The summed E-state index contributed by atoms with van der Waals surface area (Å²) in [6.07, 6.45) is 0. The second kappa shape index (κ2) is 9.19. The first-order valence-electron chi connectivity index (χ1n) is 9.10. The lowest BCUT2D eigenvalue weighted by atomic mass is 10.2. The van der Waals surface area contributed by atoms with Crippen LogP contribution in [0.2, 0.25) is 5.02 Å². The number of carbonyl (C=O) groups excluding carboxylic acids is 1. The summed E-state index contributed by atoms with van der Waals surface area (Å²) in [4.78, 5) is 12.3. The first-order valence-corrected chi connectivity index (χ1v) is 10.9. The normalized spacial score (nSPS) is 11.0. The van der Waals surface area contributed by atoms with Crippen molar-refractivity contribution >= 4 is 38.9 Å². The van der Waals surface area contributed by atoms with Gasteiger partial charge in [0.15, 0.2) is 6.61 Å². The van der Waals surface area contributed by atoms with E-state index in [0.29, 0.717) is 22.1 Å². The highest BCUT2D eigenvalue weighted by molar-refractivity contribution is 7.92. The maximum Gasteiger partial charge on any atom is 0.264 e. The lowest BCUT2D eigenvalue weighted by molar-refractivity contribution is -0.118. The Morgan fingerprint density at radius 3 is 2.33 bits per heavy atom. The summed E-state index contributed by atoms with van der Waals surface area (Å²) in [7, 11) is -2.17. The van der Waals surface area contributed by atoms with E-state index >= 15 is 0 Å². The molecule has 3 aromatic rings. The molecule has 0 heterocycles. The molecule has 1 N–H and O–H groups in total. The molecule has 3 aromatic carbocycles. The molecule has 3 rings (SSSR count). The lowest BCUT2D eigenvalue weighted by Gasteiger charge is -2.19. The molecule has 0 unspecified atom stereocenters. The molecule has 0 saturated heterocycles. The zero-order valence-corrected chi connectivity index (χ0v) is 18.1. The van der Waals surface area contributed by atoms with Crippen molar-refractivity contribution in [3.05, 3.63) is 83.4 Å². The molecule has 0 fully saturated rings. The Labute approximate surface area is 181 Å². The Kier molecular flexibility index (Phi) is 6.64. The Morgan fingerprint density at radius 2 is 1.70 bits per heavy atom. The van der Waals surface area contributed by atoms with Gasteiger partial charge in [0.2, 0.25) is 0 Å². The van der Waals surface area contributed by atoms with Gasteiger partial charge < -0.3 is 10.1 Å². The van der Waals surface area contributed by atoms with Gasteiger partial charge in [0.05, 0.1) is 10.6 Å². The molecule has 0 radical (unpaired) electrons. The predicted octanol–water partition coefficient (Wildman–Crippen LogP) is 4.49. The third-order valence-electron chi connectivity index (χ3n) is 4.43. The van der Waals surface area contributed by atoms with Gasteiger partial charge in [-0.25, -0.2) is 8.42 Å². The number of nitrogens with zero attached hydrogens (tertiary/aromatic N) is 1. The molecule has 6 nitrogen and oxygen atoms in total. The summed E-state index contributed by atoms with van der Waals surface area (Å²) in [6.45, 7) is 1.67. The van der Waals surface area contributed by atoms with Crippen molar-refractivity contribution in [1.29, 1.82) is 0 Å². The monoisotopic (exact) mass is 444 g/mol. The van der Waals surface area contributed by atoms with E-state index in [2.05, 4.69) is 5.32 Å². The van der Waals surface area contributed by atoms with Crippen LogP contribution in [0.25, 0.3) is 0 Å². The number of ether oxygens (including phenoxy) is 1. The minimum Gasteiger partial charge on any atom is -0.484 e. The second-order valence-electron chi connectivity index (χ2n) is 6.58. The third-order valence-corrected chi connectivity index (χ3v) is 6.47. The third kappa shape index (κ3) is 5.11. The minimum atomic E-state index is -3.65. The first kappa shape index (κ1) is 21.7. The summed E-state index contributed by atoms with van der Waals surface area (Å²) in [5, 5.41) is 3.36. The molecule has 0 aliphatic carbocycles. The van der Waals surface area contributed by atoms with Crippen molar-refractivity contribution in [2.45, 2.75) is 11.8 Å². The van der Waals surface area contributed by atoms with E-state index in [1.165, 1.54) is 11.4 Å². The van der Waals surface area contributed by atoms with Crippen LogP contribution in [-0.4, -0.2) is 28.0 Å². The number of anilines is 2. The topological polar surface area (TPSA) is 75.7 Å². The Hall–Kier alpha value is -3.03. The number of rotatable bonds is 7. The molecule has 0 aliphatic rings. The minimum absolute atomic E-state index is 0.181. The van der Waals surface area contributed by atoms with Gasteiger partial charge in [-0.15, -0.1) is 0 Å². The SMILES string of the molecule is Cc1cc(Cl)ccc1NC(=O)COc1ccc(N(C)S(=O)(=O)c2ccccc2)cc1. The number of benzene rings is 3. The van der Waals surface area contributed by atoms with E-state index < -0.39 is 10.0 Å². The van der Waals surface area contributed by atoms with Crippen molar-refractivity contribution in [2.75, 3.05) is 23.3 Å². The molecular formula is C22H21ClN2O4S. The molecule has 0 saturated carbocycles. The second-order valence-corrected chi connectivity index (χ2v) is 8.98. The van der Waals surface area contributed by atoms with Crippen LogP contribution in [0.3, 0.4) is 0 Å². The number of amides is 1. The number of hydrogen-bond donors (Lipinski definition) is 1. The van der Waals surface area contributed by atoms with Crippen LogP contribution in [0.4, 0.5) is 11.4 Å². The summed E-state index contributed by atoms with van der Waals surface area (Å²) in [6, 6.07) is 19.9. The molecule has 0 bridgehead atoms. The zero-order valence-electron chi connectivity index (χ0n) is 16.5. The standard InChI is InChI=1S/C22H21ClN2O4S/c1-16-14-17(23)8-13-21(16)24-22(26)15-29-19-11-9-18(10-12-19)25(2)30(27,28)20-6-4-3-5-7-20/h3-14H,15H2,1-2H3,(H,24,26). The van der Waals surface area contributed by atoms with Gasteiger partial charge in [-0.05, 0) is 67.1 Å². The van der Waals surface area contributed by atoms with Gasteiger partial charge in [-0.3, -0.25) is 9.10 Å². The number of carbonyl (C=O) groups is 1. The van der Waals surface area contributed by atoms with Gasteiger partial charge in [0.25, 0.3) is 15.9 Å². The van der Waals surface area contributed by atoms with E-state index in [0.717, 1.165) is 5.56 Å². The van der Waals surface area contributed by atoms with Gasteiger partial charge in [-0.1, -0.05) is 29.8 Å². The van der Waals surface area contributed by atoms with Crippen LogP contribution in [0.15, 0.2) is 77.7 Å². The summed E-state index contributed by atoms with van der Waals surface area (Å²) in [5.74, 6) is 0.139. The van der Waals surface area contributed by atoms with E-state index in [-0.39, 0.29) is 17.4 Å². The van der Waals surface area contributed by atoms with Crippen molar-refractivity contribution in [3.8, 4) is 5.75 Å². The quantitative estimate of drug-likeness (QED) is 0.582. The Balaban J connectivity index is 1.61. The molecule has 1 amide bonds. The average Bonchev–Trinajstić information content (AvgIpc) is 2.75. The van der Waals surface area contributed by atoms with Crippen LogP contribution in [0.5, 0.6) is 5.75 Å². The molecule has 0 aliphatic heterocycles. The average molecular weight is 445 g/mol. The van der Waals surface area contributed by atoms with E-state index in [4.69, 9.17) is 16.3 Å². The molecule has 156 valence electrons. The fourth-order valence-corrected chi connectivity index (χ4v) is 4.19. The fourth-order valence-electron chi connectivity index (χ4n) is 2.74. The Bertz CT molecular complexity index is 1130. The van der Waals surface area contributed by atoms with E-state index in [1.54, 1.807) is 72.8 Å². The largest absolute Gasteiger partial charge is 0.484 e. The summed E-state index contributed by atoms with van der Waals surface area (Å²) in [5.41, 5.74) is 1.99. The molecule has 0 spiro atoms. The van der Waals surface area contributed by atoms with Gasteiger partial charge in [-0.2, -0.15) is 0 Å². The summed E-state index contributed by atoms with van der Waals surface area (Å²) >= 11 is 5.91. The van der Waals surface area contributed by atoms with Crippen molar-refractivity contribution in [1.82, 2.24) is 0 Å². The number of hydrogen-bond acceptors (Lipinski definition) is 4. The fraction of sp³-hybridized carbons (Fsp3) is 0.136. The van der Waals surface area contributed by atoms with Crippen LogP contribution < -0.4 is 14.4 Å². The molecule has 0 aromatic heterocycles. The first-order chi connectivity index (χ1) is 14.3. The highest BCUT2D eigenvalue weighted by atomic mass is 35.5. The van der Waals surface area contributed by atoms with Crippen molar-refractivity contribution in [3.63, 3.8) is 0 Å². The summed E-state index contributed by atoms with van der Waals surface area (Å²) < 4.78 is 32.1. The van der Waals surface area contributed by atoms with Gasteiger partial charge in [0, 0.05) is 17.8 Å². The highest BCUT2D eigenvalue weighted by Gasteiger charge is 2.20. The molecular weight excluding hydrogens is 424 g/mol. The van der Waals surface area contributed by atoms with Gasteiger partial charge in [0.1, 0.15) is 5.75 Å². The molecule has 8 heteroatoms. The maximum atomic E-state index is 12.7. The van der Waals surface area contributed by atoms with Crippen molar-refractivity contribution in [2.24, 2.45) is 0 Å². The van der Waals surface area contributed by atoms with Crippen LogP contribution in [0, 0.1) is 6.92 Å². The van der Waals surface area contributed by atoms with E-state index in [1.807, 2.05) is 6.92 Å². The highest BCUT2D eigenvalue weighted by Crippen LogP contribution is 2.24. The number of aryl methyl sites for hydroxylation is 1.